The smallest absolute Gasteiger partial charge is 0.277 e. The molecule has 1 amide bonds. The maximum Gasteiger partial charge on any atom is 0.277 e. The standard InChI is InChI=1S/C12H13BrN4O2/c1-7(6-8-2-4-9(13)5-3-8)15-12(18)10-11(14)17-19-16-10/h2-5,7H,6H2,1H3,(H2,14,17)(H,15,18). The van der Waals surface area contributed by atoms with E-state index in [1.54, 1.807) is 0 Å². The summed E-state index contributed by atoms with van der Waals surface area (Å²) in [6.45, 7) is 1.91. The van der Waals surface area contributed by atoms with Gasteiger partial charge in [0.25, 0.3) is 5.91 Å². The second-order valence-corrected chi connectivity index (χ2v) is 5.12. The van der Waals surface area contributed by atoms with Crippen molar-refractivity contribution in [2.75, 3.05) is 5.73 Å². The zero-order chi connectivity index (χ0) is 13.8. The number of carbonyl (C=O) groups is 1. The van der Waals surface area contributed by atoms with Crippen LogP contribution in [-0.2, 0) is 6.42 Å². The Kier molecular flexibility index (Phi) is 4.16. The third-order valence-corrected chi connectivity index (χ3v) is 3.09. The molecule has 0 spiro atoms. The maximum absolute atomic E-state index is 11.8. The average Bonchev–Trinajstić information content (AvgIpc) is 2.78. The Bertz CT molecular complexity index is 567. The molecule has 1 unspecified atom stereocenters. The van der Waals surface area contributed by atoms with E-state index in [1.165, 1.54) is 0 Å². The summed E-state index contributed by atoms with van der Waals surface area (Å²) in [5.41, 5.74) is 6.60. The molecule has 0 aliphatic rings. The first kappa shape index (κ1) is 13.5. The molecule has 19 heavy (non-hydrogen) atoms. The van der Waals surface area contributed by atoms with Crippen LogP contribution in [0.3, 0.4) is 0 Å². The first-order valence-electron chi connectivity index (χ1n) is 5.69. The average molecular weight is 325 g/mol. The highest BCUT2D eigenvalue weighted by Gasteiger charge is 2.17. The molecule has 0 aliphatic heterocycles. The van der Waals surface area contributed by atoms with Crippen molar-refractivity contribution in [3.8, 4) is 0 Å². The van der Waals surface area contributed by atoms with Gasteiger partial charge in [-0.15, -0.1) is 0 Å². The van der Waals surface area contributed by atoms with Gasteiger partial charge in [0.1, 0.15) is 0 Å². The van der Waals surface area contributed by atoms with Gasteiger partial charge in [-0.05, 0) is 41.4 Å². The fourth-order valence-electron chi connectivity index (χ4n) is 1.67. The first-order chi connectivity index (χ1) is 9.06. The van der Waals surface area contributed by atoms with Crippen LogP contribution >= 0.6 is 15.9 Å². The number of nitrogens with two attached hydrogens (primary N) is 1. The third-order valence-electron chi connectivity index (χ3n) is 2.56. The van der Waals surface area contributed by atoms with E-state index in [2.05, 4.69) is 36.2 Å². The van der Waals surface area contributed by atoms with Crippen LogP contribution in [0.2, 0.25) is 0 Å². The molecule has 6 nitrogen and oxygen atoms in total. The predicted molar refractivity (Wildman–Crippen MR) is 73.5 cm³/mol. The topological polar surface area (TPSA) is 94.0 Å². The Morgan fingerprint density at radius 2 is 2.11 bits per heavy atom. The predicted octanol–water partition coefficient (Wildman–Crippen LogP) is 1.78. The van der Waals surface area contributed by atoms with Crippen molar-refractivity contribution in [3.63, 3.8) is 0 Å². The second kappa shape index (κ2) is 5.83. The Balaban J connectivity index is 1.94. The highest BCUT2D eigenvalue weighted by atomic mass is 79.9. The monoisotopic (exact) mass is 324 g/mol. The fraction of sp³-hybridized carbons (Fsp3) is 0.250. The molecule has 0 saturated carbocycles. The molecule has 100 valence electrons. The van der Waals surface area contributed by atoms with Gasteiger partial charge in [-0.25, -0.2) is 4.63 Å². The summed E-state index contributed by atoms with van der Waals surface area (Å²) in [5, 5.41) is 9.62. The van der Waals surface area contributed by atoms with Gasteiger partial charge in [-0.1, -0.05) is 28.1 Å². The lowest BCUT2D eigenvalue weighted by Gasteiger charge is -2.12. The van der Waals surface area contributed by atoms with Gasteiger partial charge < -0.3 is 11.1 Å². The van der Waals surface area contributed by atoms with E-state index in [0.29, 0.717) is 6.42 Å². The summed E-state index contributed by atoms with van der Waals surface area (Å²) in [6, 6.07) is 7.87. The highest BCUT2D eigenvalue weighted by molar-refractivity contribution is 9.10. The minimum atomic E-state index is -0.386. The molecule has 2 rings (SSSR count). The zero-order valence-corrected chi connectivity index (χ0v) is 11.8. The molecule has 1 atom stereocenters. The van der Waals surface area contributed by atoms with E-state index in [1.807, 2.05) is 31.2 Å². The van der Waals surface area contributed by atoms with E-state index < -0.39 is 0 Å². The summed E-state index contributed by atoms with van der Waals surface area (Å²) in [6.07, 6.45) is 0.713. The fourth-order valence-corrected chi connectivity index (χ4v) is 1.93. The maximum atomic E-state index is 11.8. The van der Waals surface area contributed by atoms with Crippen LogP contribution in [0.5, 0.6) is 0 Å². The zero-order valence-electron chi connectivity index (χ0n) is 10.3. The molecule has 2 aromatic rings. The molecule has 0 fully saturated rings. The van der Waals surface area contributed by atoms with Gasteiger partial charge in [-0.2, -0.15) is 0 Å². The molecule has 0 bridgehead atoms. The van der Waals surface area contributed by atoms with Crippen LogP contribution in [0.25, 0.3) is 0 Å². The number of hydrogen-bond donors (Lipinski definition) is 2. The van der Waals surface area contributed by atoms with Crippen molar-refractivity contribution in [1.29, 1.82) is 0 Å². The van der Waals surface area contributed by atoms with Gasteiger partial charge in [0.15, 0.2) is 0 Å². The largest absolute Gasteiger partial charge is 0.379 e. The van der Waals surface area contributed by atoms with Crippen molar-refractivity contribution >= 4 is 27.7 Å². The quantitative estimate of drug-likeness (QED) is 0.893. The van der Waals surface area contributed by atoms with E-state index in [0.717, 1.165) is 10.0 Å². The molecule has 7 heteroatoms. The van der Waals surface area contributed by atoms with E-state index in [9.17, 15) is 4.79 Å². The van der Waals surface area contributed by atoms with Gasteiger partial charge in [0.05, 0.1) is 0 Å². The van der Waals surface area contributed by atoms with Crippen LogP contribution in [0, 0.1) is 0 Å². The summed E-state index contributed by atoms with van der Waals surface area (Å²) in [5.74, 6) is -0.392. The number of hydrogen-bond acceptors (Lipinski definition) is 5. The number of carbonyl (C=O) groups excluding carboxylic acids is 1. The summed E-state index contributed by atoms with van der Waals surface area (Å²) >= 11 is 3.38. The van der Waals surface area contributed by atoms with Gasteiger partial charge in [0.2, 0.25) is 11.5 Å². The molecule has 1 aromatic heterocycles. The lowest BCUT2D eigenvalue weighted by atomic mass is 10.1. The normalized spacial score (nSPS) is 12.1. The number of rotatable bonds is 4. The molecule has 0 saturated heterocycles. The third kappa shape index (κ3) is 3.54. The number of nitrogens with one attached hydrogen (secondary N) is 1. The van der Waals surface area contributed by atoms with Gasteiger partial charge in [0, 0.05) is 10.5 Å². The summed E-state index contributed by atoms with van der Waals surface area (Å²) in [4.78, 5) is 11.8. The van der Waals surface area contributed by atoms with E-state index >= 15 is 0 Å². The second-order valence-electron chi connectivity index (χ2n) is 4.20. The van der Waals surface area contributed by atoms with Crippen molar-refractivity contribution in [2.24, 2.45) is 0 Å². The molecule has 0 radical (unpaired) electrons. The molecule has 0 aliphatic carbocycles. The first-order valence-corrected chi connectivity index (χ1v) is 6.49. The Hall–Kier alpha value is -1.89. The number of aromatic nitrogens is 2. The highest BCUT2D eigenvalue weighted by Crippen LogP contribution is 2.12. The summed E-state index contributed by atoms with van der Waals surface area (Å²) < 4.78 is 5.41. The molecule has 1 heterocycles. The Labute approximate surface area is 118 Å². The van der Waals surface area contributed by atoms with E-state index in [-0.39, 0.29) is 23.5 Å². The van der Waals surface area contributed by atoms with Gasteiger partial charge >= 0.3 is 0 Å². The molecule has 3 N–H and O–H groups in total. The van der Waals surface area contributed by atoms with Crippen LogP contribution in [0.15, 0.2) is 33.4 Å². The lowest BCUT2D eigenvalue weighted by Crippen LogP contribution is -2.34. The number of amides is 1. The SMILES string of the molecule is CC(Cc1ccc(Br)cc1)NC(=O)c1nonc1N. The van der Waals surface area contributed by atoms with Crippen molar-refractivity contribution < 1.29 is 9.42 Å². The van der Waals surface area contributed by atoms with Crippen molar-refractivity contribution in [2.45, 2.75) is 19.4 Å². The summed E-state index contributed by atoms with van der Waals surface area (Å²) in [7, 11) is 0. The van der Waals surface area contributed by atoms with Crippen LogP contribution < -0.4 is 11.1 Å². The molecule has 1 aromatic carbocycles. The van der Waals surface area contributed by atoms with E-state index in [4.69, 9.17) is 5.73 Å². The minimum Gasteiger partial charge on any atom is -0.379 e. The minimum absolute atomic E-state index is 0.00617. The van der Waals surface area contributed by atoms with Crippen LogP contribution in [-0.4, -0.2) is 22.3 Å². The number of halogens is 1. The number of benzene rings is 1. The number of anilines is 1. The Morgan fingerprint density at radius 3 is 2.68 bits per heavy atom. The Morgan fingerprint density at radius 1 is 1.42 bits per heavy atom. The van der Waals surface area contributed by atoms with Crippen LogP contribution in [0.1, 0.15) is 23.0 Å². The van der Waals surface area contributed by atoms with Gasteiger partial charge in [-0.3, -0.25) is 4.79 Å². The lowest BCUT2D eigenvalue weighted by molar-refractivity contribution is 0.0931. The van der Waals surface area contributed by atoms with Crippen molar-refractivity contribution in [3.05, 3.63) is 40.0 Å². The molecular weight excluding hydrogens is 312 g/mol. The number of nitrogen functional groups attached to an aromatic ring is 1. The number of nitrogens with zero attached hydrogens (tertiary/aromatic N) is 2. The van der Waals surface area contributed by atoms with Crippen LogP contribution in [0.4, 0.5) is 5.82 Å². The molecular formula is C12H13BrN4O2. The van der Waals surface area contributed by atoms with Crippen molar-refractivity contribution in [1.82, 2.24) is 15.6 Å².